The highest BCUT2D eigenvalue weighted by Crippen LogP contribution is 2.37. The summed E-state index contributed by atoms with van der Waals surface area (Å²) < 4.78 is 38.3. The first kappa shape index (κ1) is 18.3. The number of carbonyl (C=O) groups excluding carboxylic acids is 2. The summed E-state index contributed by atoms with van der Waals surface area (Å²) in [6.45, 7) is -0.195. The van der Waals surface area contributed by atoms with E-state index in [1.807, 2.05) is 0 Å². The van der Waals surface area contributed by atoms with Crippen LogP contribution in [-0.2, 0) is 30.8 Å². The van der Waals surface area contributed by atoms with E-state index >= 15 is 0 Å². The smallest absolute Gasteiger partial charge is 0.348 e. The Hall–Kier alpha value is -3.07. The first-order valence-electron chi connectivity index (χ1n) is 8.69. The Morgan fingerprint density at radius 2 is 2.00 bits per heavy atom. The molecule has 2 aliphatic rings. The second-order valence-corrected chi connectivity index (χ2v) is 8.36. The number of methoxy groups -OCH3 is 1. The minimum Gasteiger partial charge on any atom is -0.475 e. The van der Waals surface area contributed by atoms with Crippen LogP contribution in [0.15, 0.2) is 47.4 Å². The van der Waals surface area contributed by atoms with Crippen LogP contribution < -0.4 is 14.4 Å². The van der Waals surface area contributed by atoms with Gasteiger partial charge in [-0.05, 0) is 42.3 Å². The van der Waals surface area contributed by atoms with Crippen LogP contribution in [0.4, 0.5) is 11.4 Å². The van der Waals surface area contributed by atoms with Crippen LogP contribution in [0.3, 0.4) is 0 Å². The number of sulfonamides is 1. The third kappa shape index (κ3) is 3.07. The monoisotopic (exact) mass is 402 g/mol. The van der Waals surface area contributed by atoms with E-state index in [4.69, 9.17) is 9.47 Å². The average Bonchev–Trinajstić information content (AvgIpc) is 2.71. The number of nitrogens with one attached hydrogen (secondary N) is 1. The number of ether oxygens (including phenoxy) is 2. The quantitative estimate of drug-likeness (QED) is 0.784. The van der Waals surface area contributed by atoms with E-state index in [0.29, 0.717) is 24.2 Å². The number of fused-ring (bicyclic) bond motifs is 2. The van der Waals surface area contributed by atoms with Crippen molar-refractivity contribution >= 4 is 33.3 Å². The van der Waals surface area contributed by atoms with Crippen LogP contribution in [-0.4, -0.2) is 40.1 Å². The van der Waals surface area contributed by atoms with Gasteiger partial charge in [-0.2, -0.15) is 0 Å². The van der Waals surface area contributed by atoms with E-state index in [0.717, 1.165) is 9.87 Å². The van der Waals surface area contributed by atoms with Gasteiger partial charge in [-0.15, -0.1) is 0 Å². The number of aryl methyl sites for hydroxylation is 1. The van der Waals surface area contributed by atoms with Crippen molar-refractivity contribution in [1.82, 2.24) is 0 Å². The first-order chi connectivity index (χ1) is 13.4. The van der Waals surface area contributed by atoms with Crippen LogP contribution in [0.2, 0.25) is 0 Å². The van der Waals surface area contributed by atoms with Crippen LogP contribution in [0.1, 0.15) is 12.0 Å². The molecule has 2 aliphatic heterocycles. The number of para-hydroxylation sites is 2. The normalized spacial score (nSPS) is 18.4. The molecular weight excluding hydrogens is 384 g/mol. The molecule has 0 aromatic heterocycles. The van der Waals surface area contributed by atoms with E-state index in [-0.39, 0.29) is 23.1 Å². The number of esters is 1. The summed E-state index contributed by atoms with van der Waals surface area (Å²) in [6.07, 6.45) is -0.289. The zero-order chi connectivity index (χ0) is 19.9. The maximum atomic E-state index is 13.4. The van der Waals surface area contributed by atoms with Gasteiger partial charge in [0.15, 0.2) is 0 Å². The number of carbonyl (C=O) groups is 2. The number of hydrogen-bond acceptors (Lipinski definition) is 6. The lowest BCUT2D eigenvalue weighted by atomic mass is 10.0. The Morgan fingerprint density at radius 1 is 1.21 bits per heavy atom. The van der Waals surface area contributed by atoms with Crippen LogP contribution in [0.5, 0.6) is 5.75 Å². The van der Waals surface area contributed by atoms with Crippen molar-refractivity contribution < 1.29 is 27.5 Å². The van der Waals surface area contributed by atoms with Gasteiger partial charge in [0.05, 0.1) is 24.2 Å². The summed E-state index contributed by atoms with van der Waals surface area (Å²) in [5.74, 6) is -0.452. The van der Waals surface area contributed by atoms with E-state index < -0.39 is 22.1 Å². The molecule has 0 bridgehead atoms. The van der Waals surface area contributed by atoms with E-state index in [1.165, 1.54) is 13.2 Å². The predicted molar refractivity (Wildman–Crippen MR) is 101 cm³/mol. The molecule has 0 aliphatic carbocycles. The average molecular weight is 402 g/mol. The van der Waals surface area contributed by atoms with E-state index in [9.17, 15) is 18.0 Å². The third-order valence-corrected chi connectivity index (χ3v) is 6.53. The summed E-state index contributed by atoms with van der Waals surface area (Å²) in [5.41, 5.74) is 1.73. The van der Waals surface area contributed by atoms with Gasteiger partial charge >= 0.3 is 5.97 Å². The lowest BCUT2D eigenvalue weighted by Gasteiger charge is -2.34. The molecule has 4 rings (SSSR count). The molecule has 2 aromatic carbocycles. The van der Waals surface area contributed by atoms with Crippen LogP contribution >= 0.6 is 0 Å². The number of anilines is 2. The van der Waals surface area contributed by atoms with Gasteiger partial charge in [-0.25, -0.2) is 13.2 Å². The molecule has 1 N–H and O–H groups in total. The lowest BCUT2D eigenvalue weighted by Crippen LogP contribution is -2.47. The molecule has 0 fully saturated rings. The molecule has 0 saturated heterocycles. The fraction of sp³-hybridized carbons (Fsp3) is 0.263. The lowest BCUT2D eigenvalue weighted by molar-refractivity contribution is -0.148. The maximum absolute atomic E-state index is 13.4. The zero-order valence-electron chi connectivity index (χ0n) is 15.0. The predicted octanol–water partition coefficient (Wildman–Crippen LogP) is 1.70. The Kier molecular flexibility index (Phi) is 4.46. The van der Waals surface area contributed by atoms with Gasteiger partial charge < -0.3 is 14.8 Å². The number of amides is 1. The summed E-state index contributed by atoms with van der Waals surface area (Å²) in [5, 5.41) is 2.73. The molecule has 0 saturated carbocycles. The highest BCUT2D eigenvalue weighted by molar-refractivity contribution is 7.92. The largest absolute Gasteiger partial charge is 0.475 e. The molecule has 2 aromatic rings. The zero-order valence-corrected chi connectivity index (χ0v) is 15.9. The third-order valence-electron chi connectivity index (χ3n) is 4.76. The Morgan fingerprint density at radius 3 is 2.79 bits per heavy atom. The molecule has 0 unspecified atom stereocenters. The molecule has 1 atom stereocenters. The highest BCUT2D eigenvalue weighted by Gasteiger charge is 2.38. The standard InChI is InChI=1S/C19H18N2O6S/c1-26-19(23)17-11-21(15-4-2-3-5-16(15)27-17)28(24,25)13-7-8-14-12(10-13)6-9-18(22)20-14/h2-5,7-8,10,17H,6,9,11H2,1H3,(H,20,22)/t17-/m1/s1. The molecule has 0 spiro atoms. The Labute approximate surface area is 162 Å². The fourth-order valence-electron chi connectivity index (χ4n) is 3.33. The molecule has 1 amide bonds. The molecule has 28 heavy (non-hydrogen) atoms. The van der Waals surface area contributed by atoms with Gasteiger partial charge in [-0.3, -0.25) is 9.10 Å². The van der Waals surface area contributed by atoms with Crippen molar-refractivity contribution in [3.8, 4) is 5.75 Å². The van der Waals surface area contributed by atoms with Gasteiger partial charge in [0.25, 0.3) is 10.0 Å². The fourth-order valence-corrected chi connectivity index (χ4v) is 4.86. The molecule has 8 nitrogen and oxygen atoms in total. The number of benzene rings is 2. The van der Waals surface area contributed by atoms with Crippen molar-refractivity contribution in [2.75, 3.05) is 23.3 Å². The second-order valence-electron chi connectivity index (χ2n) is 6.50. The van der Waals surface area contributed by atoms with Gasteiger partial charge in [-0.1, -0.05) is 12.1 Å². The Balaban J connectivity index is 1.76. The molecule has 146 valence electrons. The maximum Gasteiger partial charge on any atom is 0.348 e. The van der Waals surface area contributed by atoms with Gasteiger partial charge in [0.2, 0.25) is 12.0 Å². The highest BCUT2D eigenvalue weighted by atomic mass is 32.2. The van der Waals surface area contributed by atoms with Gasteiger partial charge in [0, 0.05) is 12.1 Å². The molecule has 2 heterocycles. The number of hydrogen-bond donors (Lipinski definition) is 1. The molecular formula is C19H18N2O6S. The first-order valence-corrected chi connectivity index (χ1v) is 10.1. The molecule has 9 heteroatoms. The van der Waals surface area contributed by atoms with Crippen molar-refractivity contribution in [3.05, 3.63) is 48.0 Å². The summed E-state index contributed by atoms with van der Waals surface area (Å²) in [7, 11) is -2.74. The topological polar surface area (TPSA) is 102 Å². The van der Waals surface area contributed by atoms with Crippen LogP contribution in [0.25, 0.3) is 0 Å². The minimum absolute atomic E-state index is 0.0858. The van der Waals surface area contributed by atoms with Crippen molar-refractivity contribution in [2.24, 2.45) is 0 Å². The SMILES string of the molecule is COC(=O)[C@H]1CN(S(=O)(=O)c2ccc3c(c2)CCC(=O)N3)c2ccccc2O1. The van der Waals surface area contributed by atoms with E-state index in [2.05, 4.69) is 5.32 Å². The van der Waals surface area contributed by atoms with Gasteiger partial charge in [0.1, 0.15) is 5.75 Å². The minimum atomic E-state index is -3.96. The van der Waals surface area contributed by atoms with E-state index in [1.54, 1.807) is 36.4 Å². The van der Waals surface area contributed by atoms with Crippen molar-refractivity contribution in [3.63, 3.8) is 0 Å². The van der Waals surface area contributed by atoms with Crippen LogP contribution in [0, 0.1) is 0 Å². The summed E-state index contributed by atoms with van der Waals surface area (Å²) in [4.78, 5) is 23.6. The number of nitrogens with zero attached hydrogens (tertiary/aromatic N) is 1. The number of rotatable bonds is 3. The summed E-state index contributed by atoms with van der Waals surface area (Å²) in [6, 6.07) is 11.2. The van der Waals surface area contributed by atoms with Crippen molar-refractivity contribution in [1.29, 1.82) is 0 Å². The van der Waals surface area contributed by atoms with Crippen molar-refractivity contribution in [2.45, 2.75) is 23.8 Å². The Bertz CT molecular complexity index is 1070. The second kappa shape index (κ2) is 6.83. The molecule has 0 radical (unpaired) electrons. The summed E-state index contributed by atoms with van der Waals surface area (Å²) >= 11 is 0.